The van der Waals surface area contributed by atoms with Crippen molar-refractivity contribution in [3.05, 3.63) is 74.6 Å². The summed E-state index contributed by atoms with van der Waals surface area (Å²) >= 11 is 5.86. The molecule has 22 heavy (non-hydrogen) atoms. The smallest absolute Gasteiger partial charge is 0.324 e. The van der Waals surface area contributed by atoms with Crippen LogP contribution in [-0.2, 0) is 6.42 Å². The molecule has 0 aliphatic heterocycles. The minimum atomic E-state index is -0.515. The topological polar surface area (TPSA) is 48.9 Å². The van der Waals surface area contributed by atoms with Gasteiger partial charge in [0.25, 0.3) is 5.69 Å². The zero-order chi connectivity index (χ0) is 15.9. The summed E-state index contributed by atoms with van der Waals surface area (Å²) < 4.78 is 15.5. The molecular weight excluding hydrogens is 307 g/mol. The Balaban J connectivity index is 2.48. The molecular formula is C16H12ClFN2O2. The average Bonchev–Trinajstić information content (AvgIpc) is 2.49. The van der Waals surface area contributed by atoms with Crippen molar-refractivity contribution in [1.82, 2.24) is 4.57 Å². The van der Waals surface area contributed by atoms with Crippen LogP contribution >= 0.6 is 11.6 Å². The van der Waals surface area contributed by atoms with Gasteiger partial charge in [0.1, 0.15) is 11.3 Å². The summed E-state index contributed by atoms with van der Waals surface area (Å²) in [7, 11) is 0. The summed E-state index contributed by atoms with van der Waals surface area (Å²) in [5.74, 6) is -0.515. The van der Waals surface area contributed by atoms with Gasteiger partial charge in [-0.15, -0.1) is 0 Å². The number of halogens is 2. The molecule has 0 saturated carbocycles. The maximum atomic E-state index is 13.6. The third kappa shape index (κ3) is 2.23. The molecule has 3 rings (SSSR count). The molecule has 6 heteroatoms. The van der Waals surface area contributed by atoms with Crippen LogP contribution in [0.1, 0.15) is 12.6 Å². The molecule has 0 amide bonds. The maximum Gasteiger partial charge on any atom is 0.324 e. The lowest BCUT2D eigenvalue weighted by Crippen LogP contribution is -2.43. The van der Waals surface area contributed by atoms with Crippen LogP contribution in [0.15, 0.2) is 47.3 Å². The highest BCUT2D eigenvalue weighted by molar-refractivity contribution is 6.30. The minimum Gasteiger partial charge on any atom is -0.618 e. The van der Waals surface area contributed by atoms with E-state index < -0.39 is 11.4 Å². The third-order valence-electron chi connectivity index (χ3n) is 3.51. The van der Waals surface area contributed by atoms with Gasteiger partial charge in [-0.2, -0.15) is 4.73 Å². The number of fused-ring (bicyclic) bond motifs is 1. The van der Waals surface area contributed by atoms with Crippen LogP contribution in [0.3, 0.4) is 0 Å². The van der Waals surface area contributed by atoms with E-state index in [1.165, 1.54) is 22.8 Å². The number of hydrogen-bond acceptors (Lipinski definition) is 2. The van der Waals surface area contributed by atoms with E-state index in [1.54, 1.807) is 31.2 Å². The summed E-state index contributed by atoms with van der Waals surface area (Å²) in [6.45, 7) is 1.73. The van der Waals surface area contributed by atoms with Gasteiger partial charge in [-0.1, -0.05) is 18.5 Å². The molecule has 0 spiro atoms. The highest BCUT2D eigenvalue weighted by Gasteiger charge is 2.20. The van der Waals surface area contributed by atoms with E-state index >= 15 is 0 Å². The predicted molar refractivity (Wildman–Crippen MR) is 82.9 cm³/mol. The van der Waals surface area contributed by atoms with Gasteiger partial charge in [0.15, 0.2) is 0 Å². The minimum absolute atomic E-state index is 0.106. The molecule has 1 heterocycles. The van der Waals surface area contributed by atoms with Gasteiger partial charge in [0.05, 0.1) is 0 Å². The first-order valence-corrected chi connectivity index (χ1v) is 7.13. The van der Waals surface area contributed by atoms with Crippen molar-refractivity contribution in [3.63, 3.8) is 0 Å². The molecule has 0 aliphatic rings. The average molecular weight is 319 g/mol. The van der Waals surface area contributed by atoms with Gasteiger partial charge in [-0.3, -0.25) is 9.36 Å². The van der Waals surface area contributed by atoms with Gasteiger partial charge in [0, 0.05) is 29.3 Å². The van der Waals surface area contributed by atoms with Crippen LogP contribution in [0.5, 0.6) is 0 Å². The second kappa shape index (κ2) is 5.42. The SMILES string of the molecule is CCc1c(=O)n(-c2ccc(Cl)cc2)c2cc(F)ccc2[n+]1[O-]. The van der Waals surface area contributed by atoms with Crippen LogP contribution in [0.2, 0.25) is 5.02 Å². The highest BCUT2D eigenvalue weighted by atomic mass is 35.5. The molecule has 0 bridgehead atoms. The molecule has 0 unspecified atom stereocenters. The summed E-state index contributed by atoms with van der Waals surface area (Å²) in [4.78, 5) is 12.6. The largest absolute Gasteiger partial charge is 0.618 e. The van der Waals surface area contributed by atoms with Crippen molar-refractivity contribution in [2.45, 2.75) is 13.3 Å². The molecule has 0 fully saturated rings. The zero-order valence-electron chi connectivity index (χ0n) is 11.7. The molecule has 3 aromatic rings. The summed E-state index contributed by atoms with van der Waals surface area (Å²) in [5, 5.41) is 12.8. The number of rotatable bonds is 2. The maximum absolute atomic E-state index is 13.6. The molecule has 0 N–H and O–H groups in total. The van der Waals surface area contributed by atoms with Crippen LogP contribution in [0.4, 0.5) is 4.39 Å². The fourth-order valence-corrected chi connectivity index (χ4v) is 2.59. The van der Waals surface area contributed by atoms with Gasteiger partial charge in [-0.25, -0.2) is 4.39 Å². The van der Waals surface area contributed by atoms with Crippen molar-refractivity contribution < 1.29 is 9.12 Å². The Bertz CT molecular complexity index is 920. The second-order valence-electron chi connectivity index (χ2n) is 4.84. The Morgan fingerprint density at radius 2 is 1.91 bits per heavy atom. The van der Waals surface area contributed by atoms with Gasteiger partial charge >= 0.3 is 5.56 Å². The first-order chi connectivity index (χ1) is 10.5. The second-order valence-corrected chi connectivity index (χ2v) is 5.28. The van der Waals surface area contributed by atoms with Crippen LogP contribution in [0.25, 0.3) is 16.7 Å². The van der Waals surface area contributed by atoms with Crippen molar-refractivity contribution in [2.24, 2.45) is 0 Å². The number of hydrogen-bond donors (Lipinski definition) is 0. The number of benzene rings is 2. The molecule has 2 aromatic carbocycles. The molecule has 0 aliphatic carbocycles. The number of aromatic nitrogens is 2. The molecule has 112 valence electrons. The fraction of sp³-hybridized carbons (Fsp3) is 0.125. The molecule has 0 saturated heterocycles. The Morgan fingerprint density at radius 1 is 1.23 bits per heavy atom. The van der Waals surface area contributed by atoms with Crippen molar-refractivity contribution in [2.75, 3.05) is 0 Å². The molecule has 0 radical (unpaired) electrons. The van der Waals surface area contributed by atoms with E-state index in [0.717, 1.165) is 0 Å². The van der Waals surface area contributed by atoms with E-state index in [2.05, 4.69) is 0 Å². The zero-order valence-corrected chi connectivity index (χ0v) is 12.5. The van der Waals surface area contributed by atoms with Crippen LogP contribution in [-0.4, -0.2) is 4.57 Å². The lowest BCUT2D eigenvalue weighted by Gasteiger charge is -2.13. The summed E-state index contributed by atoms with van der Waals surface area (Å²) in [5.41, 5.74) is 0.639. The van der Waals surface area contributed by atoms with E-state index in [-0.39, 0.29) is 23.1 Å². The quantitative estimate of drug-likeness (QED) is 0.539. The molecule has 1 aromatic heterocycles. The normalized spacial score (nSPS) is 11.0. The fourth-order valence-electron chi connectivity index (χ4n) is 2.46. The van der Waals surface area contributed by atoms with E-state index in [0.29, 0.717) is 15.4 Å². The Kier molecular flexibility index (Phi) is 3.58. The Labute approximate surface area is 130 Å². The van der Waals surface area contributed by atoms with E-state index in [1.807, 2.05) is 0 Å². The first-order valence-electron chi connectivity index (χ1n) is 6.75. The lowest BCUT2D eigenvalue weighted by atomic mass is 10.2. The van der Waals surface area contributed by atoms with Gasteiger partial charge in [-0.05, 0) is 30.3 Å². The standard InChI is InChI=1S/C16H12ClFN2O2/c1-2-13-16(21)19(12-6-3-10(17)4-7-12)15-9-11(18)5-8-14(15)20(13)22/h3-9H,2H2,1H3. The van der Waals surface area contributed by atoms with Crippen LogP contribution in [0, 0.1) is 11.0 Å². The Morgan fingerprint density at radius 3 is 2.55 bits per heavy atom. The van der Waals surface area contributed by atoms with Gasteiger partial charge < -0.3 is 5.21 Å². The van der Waals surface area contributed by atoms with Crippen molar-refractivity contribution in [3.8, 4) is 5.69 Å². The third-order valence-corrected chi connectivity index (χ3v) is 3.76. The van der Waals surface area contributed by atoms with Crippen molar-refractivity contribution >= 4 is 22.6 Å². The van der Waals surface area contributed by atoms with E-state index in [4.69, 9.17) is 11.6 Å². The molecule has 4 nitrogen and oxygen atoms in total. The number of nitrogens with zero attached hydrogens (tertiary/aromatic N) is 2. The lowest BCUT2D eigenvalue weighted by molar-refractivity contribution is -0.587. The summed E-state index contributed by atoms with van der Waals surface area (Å²) in [6, 6.07) is 10.3. The monoisotopic (exact) mass is 318 g/mol. The predicted octanol–water partition coefficient (Wildman–Crippen LogP) is 2.98. The first kappa shape index (κ1) is 14.5. The van der Waals surface area contributed by atoms with Crippen LogP contribution < -0.4 is 10.3 Å². The molecule has 0 atom stereocenters. The highest BCUT2D eigenvalue weighted by Crippen LogP contribution is 2.18. The Hall–Kier alpha value is -2.40. The van der Waals surface area contributed by atoms with E-state index in [9.17, 15) is 14.4 Å². The van der Waals surface area contributed by atoms with Crippen molar-refractivity contribution in [1.29, 1.82) is 0 Å². The van der Waals surface area contributed by atoms with Gasteiger partial charge in [0.2, 0.25) is 5.52 Å². The summed E-state index contributed by atoms with van der Waals surface area (Å²) in [6.07, 6.45) is 0.281.